The molecular weight excluding hydrogens is 270 g/mol. The van der Waals surface area contributed by atoms with Crippen LogP contribution in [0.25, 0.3) is 0 Å². The summed E-state index contributed by atoms with van der Waals surface area (Å²) in [5.74, 6) is -0.164. The maximum Gasteiger partial charge on any atom is 0.253 e. The van der Waals surface area contributed by atoms with E-state index in [1.54, 1.807) is 24.3 Å². The van der Waals surface area contributed by atoms with Gasteiger partial charge >= 0.3 is 0 Å². The van der Waals surface area contributed by atoms with Crippen molar-refractivity contribution in [3.05, 3.63) is 29.8 Å². The van der Waals surface area contributed by atoms with Crippen LogP contribution in [0.2, 0.25) is 0 Å². The van der Waals surface area contributed by atoms with E-state index in [9.17, 15) is 4.79 Å². The zero-order chi connectivity index (χ0) is 12.3. The zero-order valence-electron chi connectivity index (χ0n) is 8.84. The molecule has 0 aliphatic rings. The smallest absolute Gasteiger partial charge is 0.253 e. The van der Waals surface area contributed by atoms with E-state index in [1.165, 1.54) is 0 Å². The third-order valence-electron chi connectivity index (χ3n) is 1.75. The minimum Gasteiger partial charge on any atom is -0.490 e. The summed E-state index contributed by atoms with van der Waals surface area (Å²) in [4.78, 5) is 11.8. The van der Waals surface area contributed by atoms with Gasteiger partial charge in [-0.3, -0.25) is 4.79 Å². The Hall–Kier alpha value is -0.440. The van der Waals surface area contributed by atoms with Crippen molar-refractivity contribution >= 4 is 40.6 Å². The summed E-state index contributed by atoms with van der Waals surface area (Å²) in [6.45, 7) is 3.72. The number of rotatable bonds is 3. The Kier molecular flexibility index (Phi) is 4.48. The first-order valence-electron chi connectivity index (χ1n) is 4.69. The second kappa shape index (κ2) is 5.26. The summed E-state index contributed by atoms with van der Waals surface area (Å²) in [7, 11) is 0. The monoisotopic (exact) mass is 280 g/mol. The van der Waals surface area contributed by atoms with Crippen LogP contribution in [0.1, 0.15) is 24.2 Å². The van der Waals surface area contributed by atoms with Gasteiger partial charge in [-0.1, -0.05) is 46.9 Å². The number of carbonyl (C=O) groups excluding carboxylic acids is 1. The van der Waals surface area contributed by atoms with Crippen LogP contribution >= 0.6 is 34.8 Å². The number of hydrogen-bond acceptors (Lipinski definition) is 2. The lowest BCUT2D eigenvalue weighted by Crippen LogP contribution is -2.20. The average Bonchev–Trinajstić information content (AvgIpc) is 2.15. The van der Waals surface area contributed by atoms with Gasteiger partial charge in [-0.05, 0) is 26.0 Å². The van der Waals surface area contributed by atoms with Crippen molar-refractivity contribution in [2.75, 3.05) is 0 Å². The third-order valence-corrected chi connectivity index (χ3v) is 2.27. The standard InChI is InChI=1S/C11H11Cl3O2/c1-7(2)16-9-6-4-3-5-8(9)10(15)11(12,13)14/h3-7H,1-2H3. The fourth-order valence-electron chi connectivity index (χ4n) is 1.16. The van der Waals surface area contributed by atoms with Gasteiger partial charge in [-0.25, -0.2) is 0 Å². The lowest BCUT2D eigenvalue weighted by atomic mass is 10.1. The molecule has 0 radical (unpaired) electrons. The number of halogens is 3. The number of benzene rings is 1. The maximum atomic E-state index is 11.8. The van der Waals surface area contributed by atoms with Gasteiger partial charge in [0, 0.05) is 0 Å². The summed E-state index contributed by atoms with van der Waals surface area (Å²) in [5, 5.41) is 0. The molecule has 1 rings (SSSR count). The molecule has 0 aliphatic carbocycles. The molecule has 5 heteroatoms. The van der Waals surface area contributed by atoms with Gasteiger partial charge in [-0.2, -0.15) is 0 Å². The Morgan fingerprint density at radius 3 is 2.31 bits per heavy atom. The van der Waals surface area contributed by atoms with Crippen LogP contribution < -0.4 is 4.74 Å². The number of para-hydroxylation sites is 1. The Labute approximate surface area is 109 Å². The summed E-state index contributed by atoms with van der Waals surface area (Å²) in [6, 6.07) is 6.69. The number of ketones is 1. The molecule has 0 saturated heterocycles. The van der Waals surface area contributed by atoms with E-state index in [0.29, 0.717) is 5.75 Å². The molecule has 0 amide bonds. The third kappa shape index (κ3) is 3.55. The van der Waals surface area contributed by atoms with E-state index in [4.69, 9.17) is 39.5 Å². The van der Waals surface area contributed by atoms with E-state index in [2.05, 4.69) is 0 Å². The average molecular weight is 282 g/mol. The molecule has 1 aromatic carbocycles. The first-order chi connectivity index (χ1) is 7.32. The molecule has 0 spiro atoms. The van der Waals surface area contributed by atoms with Gasteiger partial charge < -0.3 is 4.74 Å². The fourth-order valence-corrected chi connectivity index (χ4v) is 1.47. The molecule has 1 aromatic rings. The normalized spacial score (nSPS) is 11.6. The predicted octanol–water partition coefficient (Wildman–Crippen LogP) is 4.03. The molecular formula is C11H11Cl3O2. The topological polar surface area (TPSA) is 26.3 Å². The van der Waals surface area contributed by atoms with E-state index in [0.717, 1.165) is 0 Å². The Balaban J connectivity index is 3.09. The first-order valence-corrected chi connectivity index (χ1v) is 5.83. The highest BCUT2D eigenvalue weighted by molar-refractivity contribution is 6.77. The van der Waals surface area contributed by atoms with Crippen LogP contribution in [0.15, 0.2) is 24.3 Å². The molecule has 0 aliphatic heterocycles. The van der Waals surface area contributed by atoms with Gasteiger partial charge in [0.1, 0.15) is 5.75 Å². The van der Waals surface area contributed by atoms with Crippen molar-refractivity contribution in [1.82, 2.24) is 0 Å². The van der Waals surface area contributed by atoms with Crippen LogP contribution in [0.5, 0.6) is 5.75 Å². The first kappa shape index (κ1) is 13.6. The molecule has 0 heterocycles. The van der Waals surface area contributed by atoms with Crippen LogP contribution in [-0.2, 0) is 0 Å². The van der Waals surface area contributed by atoms with Crippen molar-refractivity contribution in [3.8, 4) is 5.75 Å². The zero-order valence-corrected chi connectivity index (χ0v) is 11.1. The summed E-state index contributed by atoms with van der Waals surface area (Å²) in [5.41, 5.74) is 0.274. The van der Waals surface area contributed by atoms with Crippen molar-refractivity contribution in [2.24, 2.45) is 0 Å². The highest BCUT2D eigenvalue weighted by atomic mass is 35.6. The predicted molar refractivity (Wildman–Crippen MR) is 66.8 cm³/mol. The molecule has 0 bridgehead atoms. The van der Waals surface area contributed by atoms with Crippen LogP contribution in [0.4, 0.5) is 0 Å². The van der Waals surface area contributed by atoms with E-state index < -0.39 is 9.58 Å². The SMILES string of the molecule is CC(C)Oc1ccccc1C(=O)C(Cl)(Cl)Cl. The Morgan fingerprint density at radius 1 is 1.25 bits per heavy atom. The number of ether oxygens (including phenoxy) is 1. The lowest BCUT2D eigenvalue weighted by Gasteiger charge is -2.16. The maximum absolute atomic E-state index is 11.8. The lowest BCUT2D eigenvalue weighted by molar-refractivity contribution is 0.0990. The molecule has 2 nitrogen and oxygen atoms in total. The summed E-state index contributed by atoms with van der Waals surface area (Å²) >= 11 is 16.7. The number of alkyl halides is 3. The molecule has 0 aromatic heterocycles. The van der Waals surface area contributed by atoms with Gasteiger partial charge in [0.05, 0.1) is 11.7 Å². The minimum absolute atomic E-state index is 0.0515. The molecule has 0 saturated carbocycles. The molecule has 0 N–H and O–H groups in total. The van der Waals surface area contributed by atoms with Crippen molar-refractivity contribution in [3.63, 3.8) is 0 Å². The Bertz CT molecular complexity index is 383. The summed E-state index contributed by atoms with van der Waals surface area (Å²) in [6.07, 6.45) is -0.0515. The highest BCUT2D eigenvalue weighted by Gasteiger charge is 2.33. The van der Waals surface area contributed by atoms with Crippen LogP contribution in [-0.4, -0.2) is 15.7 Å². The number of Topliss-reactive ketones (excluding diaryl/α,β-unsaturated/α-hetero) is 1. The molecule has 0 atom stereocenters. The van der Waals surface area contributed by atoms with Crippen molar-refractivity contribution < 1.29 is 9.53 Å². The highest BCUT2D eigenvalue weighted by Crippen LogP contribution is 2.33. The van der Waals surface area contributed by atoms with Crippen molar-refractivity contribution in [1.29, 1.82) is 0 Å². The van der Waals surface area contributed by atoms with E-state index in [-0.39, 0.29) is 11.7 Å². The van der Waals surface area contributed by atoms with Crippen LogP contribution in [0, 0.1) is 0 Å². The van der Waals surface area contributed by atoms with Crippen LogP contribution in [0.3, 0.4) is 0 Å². The van der Waals surface area contributed by atoms with Crippen molar-refractivity contribution in [2.45, 2.75) is 23.7 Å². The van der Waals surface area contributed by atoms with Gasteiger partial charge in [0.15, 0.2) is 0 Å². The summed E-state index contributed by atoms with van der Waals surface area (Å²) < 4.78 is 3.50. The Morgan fingerprint density at radius 2 is 1.81 bits per heavy atom. The number of carbonyl (C=O) groups is 1. The second-order valence-corrected chi connectivity index (χ2v) is 5.77. The quantitative estimate of drug-likeness (QED) is 0.618. The second-order valence-electron chi connectivity index (χ2n) is 3.49. The minimum atomic E-state index is -1.96. The van der Waals surface area contributed by atoms with Gasteiger partial charge in [0.2, 0.25) is 5.78 Å². The largest absolute Gasteiger partial charge is 0.490 e. The van der Waals surface area contributed by atoms with Gasteiger partial charge in [-0.15, -0.1) is 0 Å². The fraction of sp³-hybridized carbons (Fsp3) is 0.364. The molecule has 0 unspecified atom stereocenters. The van der Waals surface area contributed by atoms with E-state index in [1.807, 2.05) is 13.8 Å². The number of hydrogen-bond donors (Lipinski definition) is 0. The molecule has 0 fully saturated rings. The van der Waals surface area contributed by atoms with E-state index >= 15 is 0 Å². The molecule has 16 heavy (non-hydrogen) atoms. The van der Waals surface area contributed by atoms with Gasteiger partial charge in [0.25, 0.3) is 3.79 Å². The molecule has 88 valence electrons.